The van der Waals surface area contributed by atoms with E-state index in [1.807, 2.05) is 0 Å². The second kappa shape index (κ2) is 6.20. The third-order valence-corrected chi connectivity index (χ3v) is 3.36. The largest absolute Gasteiger partial charge is 0.434 e. The van der Waals surface area contributed by atoms with Crippen LogP contribution < -0.4 is 4.74 Å². The minimum atomic E-state index is -3.02. The van der Waals surface area contributed by atoms with Crippen molar-refractivity contribution in [1.82, 2.24) is 0 Å². The van der Waals surface area contributed by atoms with Crippen LogP contribution in [0.1, 0.15) is 15.9 Å². The highest BCUT2D eigenvalue weighted by Crippen LogP contribution is 2.30. The molecule has 0 amide bonds. The molecule has 20 heavy (non-hydrogen) atoms. The molecular weight excluding hydrogens is 309 g/mol. The lowest BCUT2D eigenvalue weighted by Crippen LogP contribution is -2.09. The van der Waals surface area contributed by atoms with Crippen LogP contribution in [0.25, 0.3) is 0 Å². The minimum Gasteiger partial charge on any atom is -0.434 e. The zero-order valence-electron chi connectivity index (χ0n) is 9.95. The van der Waals surface area contributed by atoms with Crippen molar-refractivity contribution in [1.29, 1.82) is 0 Å². The van der Waals surface area contributed by atoms with Gasteiger partial charge in [0.25, 0.3) is 0 Å². The number of hydrogen-bond acceptors (Lipinski definition) is 2. The zero-order chi connectivity index (χ0) is 14.7. The van der Waals surface area contributed by atoms with Crippen molar-refractivity contribution >= 4 is 29.0 Å². The quantitative estimate of drug-likeness (QED) is 0.755. The van der Waals surface area contributed by atoms with Gasteiger partial charge in [-0.05, 0) is 24.3 Å². The number of ether oxygens (including phenoxy) is 1. The lowest BCUT2D eigenvalue weighted by atomic mass is 10.0. The summed E-state index contributed by atoms with van der Waals surface area (Å²) in [5.41, 5.74) is 0.126. The molecule has 0 radical (unpaired) electrons. The molecule has 0 N–H and O–H groups in total. The van der Waals surface area contributed by atoms with Crippen molar-refractivity contribution in [2.75, 3.05) is 0 Å². The van der Waals surface area contributed by atoms with Crippen LogP contribution in [0.15, 0.2) is 42.5 Å². The number of hydrogen-bond donors (Lipinski definition) is 0. The molecule has 2 aromatic rings. The molecule has 0 spiro atoms. The van der Waals surface area contributed by atoms with Crippen LogP contribution in [-0.4, -0.2) is 12.4 Å². The van der Waals surface area contributed by atoms with E-state index >= 15 is 0 Å². The van der Waals surface area contributed by atoms with Gasteiger partial charge < -0.3 is 4.74 Å². The van der Waals surface area contributed by atoms with Crippen molar-refractivity contribution in [3.8, 4) is 5.75 Å². The van der Waals surface area contributed by atoms with Crippen LogP contribution in [0.5, 0.6) is 5.75 Å². The predicted molar refractivity (Wildman–Crippen MR) is 73.0 cm³/mol. The standard InChI is InChI=1S/C14H8Cl2F2O2/c15-10-6-3-5-9(12(10)16)13(19)8-4-1-2-7-11(8)20-14(17)18/h1-7,14H. The number of halogens is 4. The van der Waals surface area contributed by atoms with Crippen molar-refractivity contribution in [2.24, 2.45) is 0 Å². The Morgan fingerprint density at radius 2 is 1.65 bits per heavy atom. The first kappa shape index (κ1) is 14.8. The average molecular weight is 317 g/mol. The Kier molecular flexibility index (Phi) is 4.57. The topological polar surface area (TPSA) is 26.3 Å². The SMILES string of the molecule is O=C(c1ccccc1OC(F)F)c1cccc(Cl)c1Cl. The molecule has 0 heterocycles. The van der Waals surface area contributed by atoms with Gasteiger partial charge in [0.2, 0.25) is 0 Å². The molecule has 0 aromatic heterocycles. The third kappa shape index (κ3) is 3.08. The van der Waals surface area contributed by atoms with Gasteiger partial charge in [0.05, 0.1) is 15.6 Å². The number of carbonyl (C=O) groups is 1. The highest BCUT2D eigenvalue weighted by Gasteiger charge is 2.19. The number of ketones is 1. The van der Waals surface area contributed by atoms with Crippen LogP contribution in [0.3, 0.4) is 0 Å². The third-order valence-electron chi connectivity index (χ3n) is 2.54. The number of carbonyl (C=O) groups excluding carboxylic acids is 1. The molecule has 0 fully saturated rings. The van der Waals surface area contributed by atoms with E-state index in [1.165, 1.54) is 30.3 Å². The maximum Gasteiger partial charge on any atom is 0.387 e. The fourth-order valence-electron chi connectivity index (χ4n) is 1.68. The molecule has 0 saturated heterocycles. The van der Waals surface area contributed by atoms with Crippen LogP contribution in [0, 0.1) is 0 Å². The summed E-state index contributed by atoms with van der Waals surface area (Å²) in [5, 5.41) is 0.288. The second-order valence-electron chi connectivity index (χ2n) is 3.81. The Morgan fingerprint density at radius 1 is 1.00 bits per heavy atom. The predicted octanol–water partition coefficient (Wildman–Crippen LogP) is 4.83. The van der Waals surface area contributed by atoms with Crippen LogP contribution in [-0.2, 0) is 0 Å². The van der Waals surface area contributed by atoms with Gasteiger partial charge in [-0.1, -0.05) is 41.4 Å². The van der Waals surface area contributed by atoms with Crippen molar-refractivity contribution in [3.05, 3.63) is 63.6 Å². The fourth-order valence-corrected chi connectivity index (χ4v) is 2.06. The summed E-state index contributed by atoms with van der Waals surface area (Å²) in [6.07, 6.45) is 0. The van der Waals surface area contributed by atoms with Crippen LogP contribution >= 0.6 is 23.2 Å². The molecular formula is C14H8Cl2F2O2. The van der Waals surface area contributed by atoms with Gasteiger partial charge in [0.15, 0.2) is 5.78 Å². The molecule has 0 atom stereocenters. The molecule has 0 bridgehead atoms. The van der Waals surface area contributed by atoms with Gasteiger partial charge in [-0.15, -0.1) is 0 Å². The molecule has 0 aliphatic carbocycles. The fraction of sp³-hybridized carbons (Fsp3) is 0.0714. The summed E-state index contributed by atoms with van der Waals surface area (Å²) >= 11 is 11.8. The first-order valence-corrected chi connectivity index (χ1v) is 6.29. The zero-order valence-corrected chi connectivity index (χ0v) is 11.5. The molecule has 2 rings (SSSR count). The minimum absolute atomic E-state index is 0.00281. The molecule has 0 aliphatic heterocycles. The van der Waals surface area contributed by atoms with E-state index < -0.39 is 12.4 Å². The van der Waals surface area contributed by atoms with E-state index in [1.54, 1.807) is 12.1 Å². The summed E-state index contributed by atoms with van der Waals surface area (Å²) in [4.78, 5) is 12.4. The Bertz CT molecular complexity index is 645. The van der Waals surface area contributed by atoms with Gasteiger partial charge in [0.1, 0.15) is 5.75 Å². The monoisotopic (exact) mass is 316 g/mol. The molecule has 2 aromatic carbocycles. The van der Waals surface area contributed by atoms with E-state index in [0.29, 0.717) is 0 Å². The lowest BCUT2D eigenvalue weighted by Gasteiger charge is -2.10. The van der Waals surface area contributed by atoms with Gasteiger partial charge in [-0.2, -0.15) is 8.78 Å². The normalized spacial score (nSPS) is 10.7. The molecule has 0 saturated carbocycles. The van der Waals surface area contributed by atoms with Crippen molar-refractivity contribution < 1.29 is 18.3 Å². The average Bonchev–Trinajstić information content (AvgIpc) is 2.41. The number of para-hydroxylation sites is 1. The van der Waals surface area contributed by atoms with Gasteiger partial charge >= 0.3 is 6.61 Å². The highest BCUT2D eigenvalue weighted by molar-refractivity contribution is 6.44. The molecule has 0 aliphatic rings. The summed E-state index contributed by atoms with van der Waals surface area (Å²) in [7, 11) is 0. The Hall–Kier alpha value is -1.65. The molecule has 0 unspecified atom stereocenters. The summed E-state index contributed by atoms with van der Waals surface area (Å²) in [5.74, 6) is -0.739. The first-order valence-electron chi connectivity index (χ1n) is 5.53. The van der Waals surface area contributed by atoms with E-state index in [9.17, 15) is 13.6 Å². The van der Waals surface area contributed by atoms with E-state index in [4.69, 9.17) is 23.2 Å². The van der Waals surface area contributed by atoms with Gasteiger partial charge in [-0.3, -0.25) is 4.79 Å². The van der Waals surface area contributed by atoms with Crippen LogP contribution in [0.4, 0.5) is 8.78 Å². The van der Waals surface area contributed by atoms with E-state index in [2.05, 4.69) is 4.74 Å². The Labute approximate surface area is 123 Å². The molecule has 104 valence electrons. The van der Waals surface area contributed by atoms with Crippen molar-refractivity contribution in [2.45, 2.75) is 6.61 Å². The highest BCUT2D eigenvalue weighted by atomic mass is 35.5. The summed E-state index contributed by atoms with van der Waals surface area (Å²) in [6.45, 7) is -3.02. The number of alkyl halides is 2. The smallest absolute Gasteiger partial charge is 0.387 e. The van der Waals surface area contributed by atoms with Gasteiger partial charge in [-0.25, -0.2) is 0 Å². The van der Waals surface area contributed by atoms with E-state index in [-0.39, 0.29) is 26.9 Å². The Balaban J connectivity index is 2.46. The van der Waals surface area contributed by atoms with Crippen LogP contribution in [0.2, 0.25) is 10.0 Å². The number of rotatable bonds is 4. The van der Waals surface area contributed by atoms with Gasteiger partial charge in [0, 0.05) is 5.56 Å². The molecule has 2 nitrogen and oxygen atoms in total. The number of benzene rings is 2. The van der Waals surface area contributed by atoms with Crippen molar-refractivity contribution in [3.63, 3.8) is 0 Å². The summed E-state index contributed by atoms with van der Waals surface area (Å²) in [6, 6.07) is 10.3. The maximum atomic E-state index is 12.4. The second-order valence-corrected chi connectivity index (χ2v) is 4.59. The maximum absolute atomic E-state index is 12.4. The lowest BCUT2D eigenvalue weighted by molar-refractivity contribution is -0.0501. The first-order chi connectivity index (χ1) is 9.50. The summed E-state index contributed by atoms with van der Waals surface area (Å²) < 4.78 is 29.0. The Morgan fingerprint density at radius 3 is 2.35 bits per heavy atom. The van der Waals surface area contributed by atoms with E-state index in [0.717, 1.165) is 0 Å². The molecule has 6 heteroatoms.